The van der Waals surface area contributed by atoms with E-state index < -0.39 is 12.1 Å². The smallest absolute Gasteiger partial charge is 0.333 e. The van der Waals surface area contributed by atoms with Gasteiger partial charge in [0.2, 0.25) is 5.88 Å². The number of aliphatic carboxylic acids is 1. The molecule has 2 aromatic carbocycles. The lowest BCUT2D eigenvalue weighted by Gasteiger charge is -2.16. The van der Waals surface area contributed by atoms with Gasteiger partial charge in [-0.3, -0.25) is 4.68 Å². The first-order valence-electron chi connectivity index (χ1n) is 12.4. The van der Waals surface area contributed by atoms with Gasteiger partial charge < -0.3 is 19.3 Å². The van der Waals surface area contributed by atoms with E-state index in [0.717, 1.165) is 28.6 Å². The molecule has 0 bridgehead atoms. The molecule has 2 atom stereocenters. The molecule has 194 valence electrons. The molecule has 0 aliphatic rings. The average Bonchev–Trinajstić information content (AvgIpc) is 3.29. The molecule has 0 saturated carbocycles. The number of ether oxygens (including phenoxy) is 3. The first-order chi connectivity index (χ1) is 18.0. The van der Waals surface area contributed by atoms with Crippen molar-refractivity contribution in [3.8, 4) is 11.6 Å². The molecule has 0 radical (unpaired) electrons. The Morgan fingerprint density at radius 2 is 1.73 bits per heavy atom. The molecule has 0 aliphatic carbocycles. The lowest BCUT2D eigenvalue weighted by Crippen LogP contribution is -2.26. The molecule has 0 spiro atoms. The Morgan fingerprint density at radius 3 is 2.41 bits per heavy atom. The maximum Gasteiger partial charge on any atom is 0.333 e. The van der Waals surface area contributed by atoms with Gasteiger partial charge in [0.25, 0.3) is 0 Å². The van der Waals surface area contributed by atoms with E-state index in [0.29, 0.717) is 37.1 Å². The molecule has 2 heterocycles. The minimum atomic E-state index is -0.969. The zero-order chi connectivity index (χ0) is 26.2. The minimum Gasteiger partial charge on any atom is -0.490 e. The van der Waals surface area contributed by atoms with Crippen molar-refractivity contribution in [3.05, 3.63) is 77.7 Å². The molecule has 0 amide bonds. The van der Waals surface area contributed by atoms with Crippen LogP contribution in [0.4, 0.5) is 0 Å². The molecular weight excluding hydrogens is 472 g/mol. The topological polar surface area (TPSA) is 109 Å². The Morgan fingerprint density at radius 1 is 1.00 bits per heavy atom. The number of carboxylic acid groups (broad SMARTS) is 1. The van der Waals surface area contributed by atoms with Gasteiger partial charge >= 0.3 is 5.97 Å². The largest absolute Gasteiger partial charge is 0.490 e. The summed E-state index contributed by atoms with van der Waals surface area (Å²) in [5, 5.41) is 13.6. The maximum atomic E-state index is 11.3. The summed E-state index contributed by atoms with van der Waals surface area (Å²) in [4.78, 5) is 20.9. The second-order valence-corrected chi connectivity index (χ2v) is 8.59. The quantitative estimate of drug-likeness (QED) is 0.267. The number of fused-ring (bicyclic) bond motifs is 1. The summed E-state index contributed by atoms with van der Waals surface area (Å²) < 4.78 is 18.9. The fraction of sp³-hybridized carbons (Fsp3) is 0.357. The standard InChI is InChI=1S/C28H32N4O5/c1-4-22(20-9-7-6-8-10-20)26-30-23-18-29-32(3)25(23)27(31-26)37-16-15-36-21-13-11-19(12-14-21)17-24(28(33)34)35-5-2/h6-14,18,22,24H,4-5,15-17H2,1-3H3,(H,33,34). The van der Waals surface area contributed by atoms with Crippen molar-refractivity contribution < 1.29 is 24.1 Å². The first kappa shape index (κ1) is 26.1. The number of hydrogen-bond donors (Lipinski definition) is 1. The lowest BCUT2D eigenvalue weighted by molar-refractivity contribution is -0.149. The van der Waals surface area contributed by atoms with E-state index >= 15 is 0 Å². The van der Waals surface area contributed by atoms with Crippen LogP contribution in [-0.2, 0) is 23.0 Å². The SMILES string of the molecule is CCOC(Cc1ccc(OCCOc2nc(C(CC)c3ccccc3)nc3cnn(C)c23)cc1)C(=O)O. The van der Waals surface area contributed by atoms with E-state index in [2.05, 4.69) is 24.2 Å². The monoisotopic (exact) mass is 504 g/mol. The summed E-state index contributed by atoms with van der Waals surface area (Å²) in [5.41, 5.74) is 3.49. The van der Waals surface area contributed by atoms with Crippen molar-refractivity contribution in [2.45, 2.75) is 38.7 Å². The third-order valence-corrected chi connectivity index (χ3v) is 6.07. The zero-order valence-corrected chi connectivity index (χ0v) is 21.3. The highest BCUT2D eigenvalue weighted by molar-refractivity contribution is 5.79. The van der Waals surface area contributed by atoms with Crippen LogP contribution < -0.4 is 9.47 Å². The zero-order valence-electron chi connectivity index (χ0n) is 21.3. The number of rotatable bonds is 13. The third kappa shape index (κ3) is 6.42. The van der Waals surface area contributed by atoms with Gasteiger partial charge in [0, 0.05) is 26.0 Å². The van der Waals surface area contributed by atoms with E-state index in [1.54, 1.807) is 17.8 Å². The molecule has 2 aromatic heterocycles. The molecule has 0 fully saturated rings. The van der Waals surface area contributed by atoms with Crippen LogP contribution in [0.25, 0.3) is 11.0 Å². The molecule has 1 N–H and O–H groups in total. The minimum absolute atomic E-state index is 0.0476. The van der Waals surface area contributed by atoms with E-state index in [9.17, 15) is 9.90 Å². The van der Waals surface area contributed by atoms with Crippen LogP contribution >= 0.6 is 0 Å². The normalized spacial score (nSPS) is 12.8. The van der Waals surface area contributed by atoms with Crippen LogP contribution in [0.1, 0.15) is 43.1 Å². The summed E-state index contributed by atoms with van der Waals surface area (Å²) in [6.07, 6.45) is 2.02. The van der Waals surface area contributed by atoms with Crippen molar-refractivity contribution >= 4 is 17.0 Å². The molecule has 9 heteroatoms. The van der Waals surface area contributed by atoms with Crippen molar-refractivity contribution in [1.82, 2.24) is 19.7 Å². The van der Waals surface area contributed by atoms with Crippen molar-refractivity contribution in [3.63, 3.8) is 0 Å². The first-order valence-corrected chi connectivity index (χ1v) is 12.4. The number of aryl methyl sites for hydroxylation is 1. The molecule has 4 rings (SSSR count). The number of benzene rings is 2. The highest BCUT2D eigenvalue weighted by Gasteiger charge is 2.21. The number of hydrogen-bond acceptors (Lipinski definition) is 7. The highest BCUT2D eigenvalue weighted by atomic mass is 16.5. The predicted molar refractivity (Wildman–Crippen MR) is 139 cm³/mol. The van der Waals surface area contributed by atoms with Crippen molar-refractivity contribution in [2.24, 2.45) is 7.05 Å². The third-order valence-electron chi connectivity index (χ3n) is 6.07. The second kappa shape index (κ2) is 12.3. The van der Waals surface area contributed by atoms with Gasteiger partial charge in [-0.25, -0.2) is 9.78 Å². The van der Waals surface area contributed by atoms with Gasteiger partial charge in [-0.05, 0) is 36.6 Å². The number of carbonyl (C=O) groups is 1. The van der Waals surface area contributed by atoms with Crippen LogP contribution in [0, 0.1) is 0 Å². The lowest BCUT2D eigenvalue weighted by atomic mass is 9.95. The van der Waals surface area contributed by atoms with Gasteiger partial charge in [-0.15, -0.1) is 0 Å². The Labute approximate surface area is 216 Å². The highest BCUT2D eigenvalue weighted by Crippen LogP contribution is 2.30. The second-order valence-electron chi connectivity index (χ2n) is 8.59. The number of nitrogens with zero attached hydrogens (tertiary/aromatic N) is 4. The fourth-order valence-electron chi connectivity index (χ4n) is 4.22. The van der Waals surface area contributed by atoms with Crippen molar-refractivity contribution in [2.75, 3.05) is 19.8 Å². The average molecular weight is 505 g/mol. The van der Waals surface area contributed by atoms with Gasteiger partial charge in [0.1, 0.15) is 35.8 Å². The van der Waals surface area contributed by atoms with E-state index in [4.69, 9.17) is 24.2 Å². The fourth-order valence-corrected chi connectivity index (χ4v) is 4.22. The summed E-state index contributed by atoms with van der Waals surface area (Å²) in [6.45, 7) is 4.84. The molecule has 0 aliphatic heterocycles. The van der Waals surface area contributed by atoms with Gasteiger partial charge in [-0.1, -0.05) is 49.4 Å². The molecular formula is C28H32N4O5. The Bertz CT molecular complexity index is 1310. The maximum absolute atomic E-state index is 11.3. The molecule has 37 heavy (non-hydrogen) atoms. The van der Waals surface area contributed by atoms with Gasteiger partial charge in [-0.2, -0.15) is 10.1 Å². The van der Waals surface area contributed by atoms with Crippen LogP contribution in [0.5, 0.6) is 11.6 Å². The summed E-state index contributed by atoms with van der Waals surface area (Å²) in [6, 6.07) is 17.5. The van der Waals surface area contributed by atoms with Crippen LogP contribution in [0.2, 0.25) is 0 Å². The van der Waals surface area contributed by atoms with Crippen LogP contribution in [0.3, 0.4) is 0 Å². The van der Waals surface area contributed by atoms with Crippen molar-refractivity contribution in [1.29, 1.82) is 0 Å². The predicted octanol–water partition coefficient (Wildman–Crippen LogP) is 4.40. The summed E-state index contributed by atoms with van der Waals surface area (Å²) in [7, 11) is 1.84. The van der Waals surface area contributed by atoms with Gasteiger partial charge in [0.15, 0.2) is 6.10 Å². The Hall–Kier alpha value is -3.98. The molecule has 2 unspecified atom stereocenters. The van der Waals surface area contributed by atoms with Gasteiger partial charge in [0.05, 0.1) is 6.20 Å². The Balaban J connectivity index is 1.41. The molecule has 0 saturated heterocycles. The van der Waals surface area contributed by atoms with Crippen LogP contribution in [0.15, 0.2) is 60.8 Å². The Kier molecular flexibility index (Phi) is 8.68. The summed E-state index contributed by atoms with van der Waals surface area (Å²) >= 11 is 0. The molecule has 9 nitrogen and oxygen atoms in total. The number of aromatic nitrogens is 4. The molecule has 4 aromatic rings. The number of carboxylic acids is 1. The van der Waals surface area contributed by atoms with E-state index in [-0.39, 0.29) is 12.5 Å². The van der Waals surface area contributed by atoms with E-state index in [1.807, 2.05) is 49.5 Å². The summed E-state index contributed by atoms with van der Waals surface area (Å²) in [5.74, 6) is 0.923. The van der Waals surface area contributed by atoms with E-state index in [1.165, 1.54) is 0 Å². The van der Waals surface area contributed by atoms with Crippen LogP contribution in [-0.4, -0.2) is 56.7 Å².